The van der Waals surface area contributed by atoms with Gasteiger partial charge in [-0.15, -0.1) is 0 Å². The molecule has 68 valence electrons. The number of nitrogens with two attached hydrogens (primary N) is 1. The lowest BCUT2D eigenvalue weighted by Gasteiger charge is -2.06. The largest absolute Gasteiger partial charge is 0.394 e. The highest BCUT2D eigenvalue weighted by Gasteiger charge is 2.00. The molecule has 3 N–H and O–H groups in total. The highest BCUT2D eigenvalue weighted by Crippen LogP contribution is 2.08. The maximum atomic E-state index is 8.68. The van der Waals surface area contributed by atoms with E-state index in [0.717, 1.165) is 10.1 Å². The van der Waals surface area contributed by atoms with E-state index in [9.17, 15) is 0 Å². The fourth-order valence-corrected chi connectivity index (χ4v) is 0.656. The number of rotatable bonds is 4. The summed E-state index contributed by atoms with van der Waals surface area (Å²) in [6.07, 6.45) is 5.54. The standard InChI is InChI=1S/C9H14BrNO/c1-3-8(10)5-4-7(2)9(11)6-12/h3-5,9,12H,2,6,11H2,1H3/b5-4-,8-3+/t9-/m0/s1. The van der Waals surface area contributed by atoms with Crippen molar-refractivity contribution >= 4 is 15.9 Å². The second-order valence-electron chi connectivity index (χ2n) is 2.37. The summed E-state index contributed by atoms with van der Waals surface area (Å²) in [5, 5.41) is 8.68. The Hall–Kier alpha value is -0.380. The van der Waals surface area contributed by atoms with Crippen LogP contribution in [0.4, 0.5) is 0 Å². The highest BCUT2D eigenvalue weighted by molar-refractivity contribution is 9.11. The van der Waals surface area contributed by atoms with Crippen molar-refractivity contribution in [1.29, 1.82) is 0 Å². The second kappa shape index (κ2) is 6.17. The predicted octanol–water partition coefficient (Wildman–Crippen LogP) is 1.72. The fourth-order valence-electron chi connectivity index (χ4n) is 0.524. The minimum Gasteiger partial charge on any atom is -0.394 e. The molecule has 0 saturated carbocycles. The molecule has 0 aliphatic heterocycles. The van der Waals surface area contributed by atoms with Gasteiger partial charge in [0.1, 0.15) is 0 Å². The summed E-state index contributed by atoms with van der Waals surface area (Å²) in [5.41, 5.74) is 6.23. The highest BCUT2D eigenvalue weighted by atomic mass is 79.9. The van der Waals surface area contributed by atoms with Crippen LogP contribution in [0.5, 0.6) is 0 Å². The molecule has 0 aliphatic carbocycles. The molecule has 0 rings (SSSR count). The van der Waals surface area contributed by atoms with Gasteiger partial charge in [-0.1, -0.05) is 34.7 Å². The summed E-state index contributed by atoms with van der Waals surface area (Å²) in [6.45, 7) is 5.56. The van der Waals surface area contributed by atoms with Gasteiger partial charge in [0.15, 0.2) is 0 Å². The molecule has 1 atom stereocenters. The first kappa shape index (κ1) is 11.6. The topological polar surface area (TPSA) is 46.2 Å². The first-order chi connectivity index (χ1) is 5.61. The van der Waals surface area contributed by atoms with Gasteiger partial charge in [0.05, 0.1) is 12.6 Å². The van der Waals surface area contributed by atoms with Crippen molar-refractivity contribution in [3.8, 4) is 0 Å². The number of aliphatic hydroxyl groups is 1. The van der Waals surface area contributed by atoms with Gasteiger partial charge in [-0.05, 0) is 18.6 Å². The van der Waals surface area contributed by atoms with Crippen LogP contribution >= 0.6 is 15.9 Å². The molecule has 3 heteroatoms. The first-order valence-electron chi connectivity index (χ1n) is 3.67. The van der Waals surface area contributed by atoms with E-state index >= 15 is 0 Å². The minimum absolute atomic E-state index is 0.0728. The van der Waals surface area contributed by atoms with E-state index < -0.39 is 0 Å². The van der Waals surface area contributed by atoms with Crippen LogP contribution in [0, 0.1) is 0 Å². The summed E-state index contributed by atoms with van der Waals surface area (Å²) >= 11 is 3.31. The van der Waals surface area contributed by atoms with E-state index in [2.05, 4.69) is 22.5 Å². The number of halogens is 1. The molecule has 0 fully saturated rings. The van der Waals surface area contributed by atoms with Gasteiger partial charge >= 0.3 is 0 Å². The molecule has 0 heterocycles. The van der Waals surface area contributed by atoms with Crippen LogP contribution < -0.4 is 5.73 Å². The van der Waals surface area contributed by atoms with Gasteiger partial charge in [-0.3, -0.25) is 0 Å². The molecule has 0 saturated heterocycles. The van der Waals surface area contributed by atoms with Crippen LogP contribution in [0.15, 0.2) is 34.9 Å². The van der Waals surface area contributed by atoms with Crippen molar-refractivity contribution in [3.63, 3.8) is 0 Å². The van der Waals surface area contributed by atoms with Gasteiger partial charge in [-0.25, -0.2) is 0 Å². The van der Waals surface area contributed by atoms with E-state index in [0.29, 0.717) is 0 Å². The Morgan fingerprint density at radius 2 is 2.25 bits per heavy atom. The number of hydrogen-bond acceptors (Lipinski definition) is 2. The van der Waals surface area contributed by atoms with Crippen molar-refractivity contribution in [2.75, 3.05) is 6.61 Å². The van der Waals surface area contributed by atoms with Gasteiger partial charge < -0.3 is 10.8 Å². The maximum absolute atomic E-state index is 8.68. The van der Waals surface area contributed by atoms with Gasteiger partial charge in [0.25, 0.3) is 0 Å². The molecule has 0 spiro atoms. The van der Waals surface area contributed by atoms with Crippen molar-refractivity contribution in [2.24, 2.45) is 5.73 Å². The molecule has 0 radical (unpaired) electrons. The third kappa shape index (κ3) is 4.49. The summed E-state index contributed by atoms with van der Waals surface area (Å²) in [6, 6.07) is -0.363. The van der Waals surface area contributed by atoms with Crippen LogP contribution in [-0.4, -0.2) is 17.8 Å². The summed E-state index contributed by atoms with van der Waals surface area (Å²) in [4.78, 5) is 0. The Morgan fingerprint density at radius 3 is 2.67 bits per heavy atom. The molecule has 2 nitrogen and oxygen atoms in total. The van der Waals surface area contributed by atoms with Crippen LogP contribution in [0.25, 0.3) is 0 Å². The molecule has 0 amide bonds. The van der Waals surface area contributed by atoms with Gasteiger partial charge in [-0.2, -0.15) is 0 Å². The SMILES string of the molecule is C=C(/C=C\C(Br)=C/C)[C@@H](N)CO. The lowest BCUT2D eigenvalue weighted by atomic mass is 10.1. The van der Waals surface area contributed by atoms with E-state index in [1.807, 2.05) is 19.1 Å². The zero-order valence-electron chi connectivity index (χ0n) is 7.13. The molecule has 0 bridgehead atoms. The molecular weight excluding hydrogens is 218 g/mol. The summed E-state index contributed by atoms with van der Waals surface area (Å²) in [5.74, 6) is 0. The molecular formula is C9H14BrNO. The number of aliphatic hydroxyl groups excluding tert-OH is 1. The molecule has 0 aromatic carbocycles. The molecule has 0 unspecified atom stereocenters. The van der Waals surface area contributed by atoms with Crippen molar-refractivity contribution in [2.45, 2.75) is 13.0 Å². The predicted molar refractivity (Wildman–Crippen MR) is 56.0 cm³/mol. The molecule has 0 aromatic rings. The average Bonchev–Trinajstić information content (AvgIpc) is 2.11. The quantitative estimate of drug-likeness (QED) is 0.725. The average molecular weight is 232 g/mol. The van der Waals surface area contributed by atoms with Crippen LogP contribution in [0.1, 0.15) is 6.92 Å². The van der Waals surface area contributed by atoms with E-state index in [1.54, 1.807) is 6.08 Å². The van der Waals surface area contributed by atoms with Crippen LogP contribution in [0.2, 0.25) is 0 Å². The maximum Gasteiger partial charge on any atom is 0.0624 e. The minimum atomic E-state index is -0.363. The zero-order chi connectivity index (χ0) is 9.56. The Morgan fingerprint density at radius 1 is 1.67 bits per heavy atom. The molecule has 0 aromatic heterocycles. The third-order valence-corrected chi connectivity index (χ3v) is 2.13. The van der Waals surface area contributed by atoms with Crippen LogP contribution in [0.3, 0.4) is 0 Å². The lowest BCUT2D eigenvalue weighted by molar-refractivity contribution is 0.281. The van der Waals surface area contributed by atoms with Gasteiger partial charge in [0.2, 0.25) is 0 Å². The van der Waals surface area contributed by atoms with E-state index in [-0.39, 0.29) is 12.6 Å². The van der Waals surface area contributed by atoms with E-state index in [4.69, 9.17) is 10.8 Å². The normalized spacial score (nSPS) is 15.2. The van der Waals surface area contributed by atoms with E-state index in [1.165, 1.54) is 0 Å². The monoisotopic (exact) mass is 231 g/mol. The third-order valence-electron chi connectivity index (χ3n) is 1.41. The van der Waals surface area contributed by atoms with Crippen molar-refractivity contribution < 1.29 is 5.11 Å². The summed E-state index contributed by atoms with van der Waals surface area (Å²) in [7, 11) is 0. The smallest absolute Gasteiger partial charge is 0.0624 e. The summed E-state index contributed by atoms with van der Waals surface area (Å²) < 4.78 is 0.966. The Balaban J connectivity index is 4.09. The Bertz CT molecular complexity index is 209. The van der Waals surface area contributed by atoms with Gasteiger partial charge in [0, 0.05) is 4.48 Å². The zero-order valence-corrected chi connectivity index (χ0v) is 8.71. The first-order valence-corrected chi connectivity index (χ1v) is 4.46. The molecule has 12 heavy (non-hydrogen) atoms. The number of hydrogen-bond donors (Lipinski definition) is 2. The molecule has 0 aliphatic rings. The van der Waals surface area contributed by atoms with Crippen molar-refractivity contribution in [1.82, 2.24) is 0 Å². The number of allylic oxidation sites excluding steroid dienone is 3. The fraction of sp³-hybridized carbons (Fsp3) is 0.333. The van der Waals surface area contributed by atoms with Crippen LogP contribution in [-0.2, 0) is 0 Å². The second-order valence-corrected chi connectivity index (χ2v) is 3.29. The lowest BCUT2D eigenvalue weighted by Crippen LogP contribution is -2.25. The Kier molecular flexibility index (Phi) is 5.98. The Labute approximate surface area is 81.6 Å². The van der Waals surface area contributed by atoms with Crippen molar-refractivity contribution in [3.05, 3.63) is 34.9 Å².